The maximum absolute atomic E-state index is 11.3. The van der Waals surface area contributed by atoms with Crippen LogP contribution in [-0.2, 0) is 4.79 Å². The van der Waals surface area contributed by atoms with E-state index in [2.05, 4.69) is 16.0 Å². The Balaban J connectivity index is 1.79. The summed E-state index contributed by atoms with van der Waals surface area (Å²) >= 11 is 1.46. The maximum atomic E-state index is 11.3. The molecule has 5 nitrogen and oxygen atoms in total. The molecule has 1 amide bonds. The molecule has 0 atom stereocenters. The van der Waals surface area contributed by atoms with Crippen LogP contribution in [0.25, 0.3) is 10.3 Å². The molecule has 3 rings (SSSR count). The predicted molar refractivity (Wildman–Crippen MR) is 76.1 cm³/mol. The number of rotatable bonds is 1. The lowest BCUT2D eigenvalue weighted by Gasteiger charge is -2.30. The lowest BCUT2D eigenvalue weighted by molar-refractivity contribution is -0.129. The van der Waals surface area contributed by atoms with Crippen molar-refractivity contribution in [2.75, 3.05) is 18.8 Å². The van der Waals surface area contributed by atoms with Crippen LogP contribution in [0.2, 0.25) is 0 Å². The van der Waals surface area contributed by atoms with Crippen molar-refractivity contribution in [2.24, 2.45) is 0 Å². The first-order valence-corrected chi connectivity index (χ1v) is 7.23. The second-order valence-corrected chi connectivity index (χ2v) is 5.95. The zero-order valence-electron chi connectivity index (χ0n) is 10.8. The van der Waals surface area contributed by atoms with E-state index < -0.39 is 0 Å². The molecule has 1 aliphatic rings. The number of nitrogens with zero attached hydrogens (tertiary/aromatic N) is 3. The van der Waals surface area contributed by atoms with Gasteiger partial charge < -0.3 is 10.6 Å². The molecule has 2 aromatic rings. The Labute approximate surface area is 115 Å². The largest absolute Gasteiger partial charge is 0.375 e. The molecule has 1 saturated heterocycles. The summed E-state index contributed by atoms with van der Waals surface area (Å²) in [5.41, 5.74) is 7.51. The van der Waals surface area contributed by atoms with Crippen molar-refractivity contribution in [1.29, 1.82) is 0 Å². The number of nitrogen functional groups attached to an aromatic ring is 1. The minimum atomic E-state index is 0.161. The van der Waals surface area contributed by atoms with Crippen molar-refractivity contribution in [2.45, 2.75) is 25.7 Å². The molecule has 6 heteroatoms. The molecule has 2 N–H and O–H groups in total. The highest BCUT2D eigenvalue weighted by atomic mass is 32.1. The van der Waals surface area contributed by atoms with Crippen LogP contribution in [0.5, 0.6) is 0 Å². The molecule has 1 aliphatic heterocycles. The number of aromatic nitrogens is 2. The molecule has 0 unspecified atom stereocenters. The molecule has 100 valence electrons. The van der Waals surface area contributed by atoms with Crippen molar-refractivity contribution >= 4 is 32.7 Å². The third kappa shape index (κ3) is 2.40. The third-order valence-electron chi connectivity index (χ3n) is 3.65. The lowest BCUT2D eigenvalue weighted by Crippen LogP contribution is -2.36. The Morgan fingerprint density at radius 2 is 2.11 bits per heavy atom. The summed E-state index contributed by atoms with van der Waals surface area (Å²) in [6, 6.07) is 4.11. The Bertz CT molecular complexity index is 616. The minimum Gasteiger partial charge on any atom is -0.375 e. The van der Waals surface area contributed by atoms with Crippen LogP contribution in [0.15, 0.2) is 12.1 Å². The van der Waals surface area contributed by atoms with Crippen molar-refractivity contribution in [3.05, 3.63) is 17.8 Å². The van der Waals surface area contributed by atoms with E-state index in [0.717, 1.165) is 42.0 Å². The first-order valence-electron chi connectivity index (χ1n) is 6.42. The molecule has 19 heavy (non-hydrogen) atoms. The van der Waals surface area contributed by atoms with E-state index in [-0.39, 0.29) is 5.91 Å². The number of fused-ring (bicyclic) bond motifs is 1. The number of carbonyl (C=O) groups is 1. The number of amides is 1. The zero-order valence-corrected chi connectivity index (χ0v) is 11.6. The molecule has 0 bridgehead atoms. The molecule has 0 radical (unpaired) electrons. The maximum Gasteiger partial charge on any atom is 0.219 e. The number of piperidine rings is 1. The van der Waals surface area contributed by atoms with Gasteiger partial charge in [0, 0.05) is 31.6 Å². The van der Waals surface area contributed by atoms with Gasteiger partial charge in [-0.05, 0) is 25.0 Å². The Morgan fingerprint density at radius 1 is 1.37 bits per heavy atom. The Morgan fingerprint density at radius 3 is 2.79 bits per heavy atom. The zero-order chi connectivity index (χ0) is 13.4. The SMILES string of the molecule is CC(=O)N1CCC(c2ccc3sc(N)nc3n2)CC1. The topological polar surface area (TPSA) is 72.1 Å². The van der Waals surface area contributed by atoms with Crippen LogP contribution in [-0.4, -0.2) is 33.9 Å². The summed E-state index contributed by atoms with van der Waals surface area (Å²) in [6.07, 6.45) is 1.94. The van der Waals surface area contributed by atoms with Crippen LogP contribution >= 0.6 is 11.3 Å². The van der Waals surface area contributed by atoms with E-state index in [4.69, 9.17) is 5.73 Å². The fourth-order valence-electron chi connectivity index (χ4n) is 2.57. The van der Waals surface area contributed by atoms with Crippen LogP contribution in [0.4, 0.5) is 5.13 Å². The van der Waals surface area contributed by atoms with Crippen LogP contribution < -0.4 is 5.73 Å². The van der Waals surface area contributed by atoms with Crippen LogP contribution in [0, 0.1) is 0 Å². The number of pyridine rings is 1. The number of anilines is 1. The Hall–Kier alpha value is -1.69. The Kier molecular flexibility index (Phi) is 3.10. The van der Waals surface area contributed by atoms with Gasteiger partial charge in [0.05, 0.1) is 4.70 Å². The van der Waals surface area contributed by atoms with E-state index in [0.29, 0.717) is 11.0 Å². The van der Waals surface area contributed by atoms with Gasteiger partial charge in [-0.25, -0.2) is 9.97 Å². The summed E-state index contributed by atoms with van der Waals surface area (Å²) < 4.78 is 1.03. The summed E-state index contributed by atoms with van der Waals surface area (Å²) in [5.74, 6) is 0.581. The highest BCUT2D eigenvalue weighted by molar-refractivity contribution is 7.21. The highest BCUT2D eigenvalue weighted by Gasteiger charge is 2.23. The lowest BCUT2D eigenvalue weighted by atomic mass is 9.93. The number of carbonyl (C=O) groups excluding carboxylic acids is 1. The normalized spacial score (nSPS) is 17.0. The summed E-state index contributed by atoms with van der Waals surface area (Å²) in [6.45, 7) is 3.26. The van der Waals surface area contributed by atoms with Crippen LogP contribution in [0.1, 0.15) is 31.4 Å². The summed E-state index contributed by atoms with van der Waals surface area (Å²) in [7, 11) is 0. The molecule has 0 saturated carbocycles. The van der Waals surface area contributed by atoms with E-state index in [1.165, 1.54) is 11.3 Å². The van der Waals surface area contributed by atoms with E-state index in [1.807, 2.05) is 11.0 Å². The molecule has 2 aromatic heterocycles. The monoisotopic (exact) mass is 276 g/mol. The smallest absolute Gasteiger partial charge is 0.219 e. The van der Waals surface area contributed by atoms with Gasteiger partial charge in [0.1, 0.15) is 0 Å². The first kappa shape index (κ1) is 12.3. The van der Waals surface area contributed by atoms with E-state index in [1.54, 1.807) is 6.92 Å². The standard InChI is InChI=1S/C13H16N4OS/c1-8(18)17-6-4-9(5-7-17)10-2-3-11-12(15-10)16-13(14)19-11/h2-3,9H,4-7H2,1H3,(H2,14,15,16). The number of likely N-dealkylation sites (tertiary alicyclic amines) is 1. The predicted octanol–water partition coefficient (Wildman–Crippen LogP) is 2.00. The average molecular weight is 276 g/mol. The summed E-state index contributed by atoms with van der Waals surface area (Å²) in [4.78, 5) is 22.0. The van der Waals surface area contributed by atoms with Crippen molar-refractivity contribution in [1.82, 2.24) is 14.9 Å². The second kappa shape index (κ2) is 4.77. The van der Waals surface area contributed by atoms with Gasteiger partial charge in [-0.3, -0.25) is 4.79 Å². The molecule has 1 fully saturated rings. The van der Waals surface area contributed by atoms with Gasteiger partial charge in [-0.1, -0.05) is 11.3 Å². The number of hydrogen-bond acceptors (Lipinski definition) is 5. The van der Waals surface area contributed by atoms with Gasteiger partial charge in [-0.15, -0.1) is 0 Å². The van der Waals surface area contributed by atoms with E-state index >= 15 is 0 Å². The fourth-order valence-corrected chi connectivity index (χ4v) is 3.24. The van der Waals surface area contributed by atoms with Gasteiger partial charge in [0.25, 0.3) is 0 Å². The van der Waals surface area contributed by atoms with Crippen molar-refractivity contribution in [3.63, 3.8) is 0 Å². The minimum absolute atomic E-state index is 0.161. The number of thiazole rings is 1. The second-order valence-electron chi connectivity index (χ2n) is 4.89. The average Bonchev–Trinajstić information content (AvgIpc) is 2.77. The van der Waals surface area contributed by atoms with Gasteiger partial charge in [0.2, 0.25) is 5.91 Å². The quantitative estimate of drug-likeness (QED) is 0.864. The molecular weight excluding hydrogens is 260 g/mol. The highest BCUT2D eigenvalue weighted by Crippen LogP contribution is 2.29. The fraction of sp³-hybridized carbons (Fsp3) is 0.462. The van der Waals surface area contributed by atoms with Crippen molar-refractivity contribution in [3.8, 4) is 0 Å². The molecular formula is C13H16N4OS. The third-order valence-corrected chi connectivity index (χ3v) is 4.49. The summed E-state index contributed by atoms with van der Waals surface area (Å²) in [5, 5.41) is 0.561. The molecule has 0 spiro atoms. The van der Waals surface area contributed by atoms with Crippen LogP contribution in [0.3, 0.4) is 0 Å². The van der Waals surface area contributed by atoms with E-state index in [9.17, 15) is 4.79 Å². The molecule has 0 aliphatic carbocycles. The number of hydrogen-bond donors (Lipinski definition) is 1. The van der Waals surface area contributed by atoms with Crippen molar-refractivity contribution < 1.29 is 4.79 Å². The molecule has 0 aromatic carbocycles. The first-order chi connectivity index (χ1) is 9.13. The van der Waals surface area contributed by atoms with Gasteiger partial charge in [0.15, 0.2) is 10.8 Å². The van der Waals surface area contributed by atoms with Gasteiger partial charge >= 0.3 is 0 Å². The van der Waals surface area contributed by atoms with Gasteiger partial charge in [-0.2, -0.15) is 0 Å². The molecule has 3 heterocycles. The number of nitrogens with two attached hydrogens (primary N) is 1.